The lowest BCUT2D eigenvalue weighted by atomic mass is 10.2. The Hall–Kier alpha value is -1.49. The van der Waals surface area contributed by atoms with E-state index in [0.717, 1.165) is 0 Å². The second-order valence-electron chi connectivity index (χ2n) is 3.98. The summed E-state index contributed by atoms with van der Waals surface area (Å²) in [6.07, 6.45) is 0. The number of nitrogens with zero attached hydrogens (tertiary/aromatic N) is 1. The fourth-order valence-corrected chi connectivity index (χ4v) is 2.11. The molecule has 1 heterocycles. The molecule has 7 heteroatoms. The van der Waals surface area contributed by atoms with Gasteiger partial charge in [0.05, 0.1) is 17.8 Å². The van der Waals surface area contributed by atoms with E-state index in [9.17, 15) is 4.79 Å². The van der Waals surface area contributed by atoms with Crippen LogP contribution < -0.4 is 4.74 Å². The molecule has 0 amide bonds. The summed E-state index contributed by atoms with van der Waals surface area (Å²) >= 11 is 17.6. The second-order valence-corrected chi connectivity index (χ2v) is 5.21. The molecule has 0 radical (unpaired) electrons. The minimum atomic E-state index is -0.591. The average Bonchev–Trinajstić information content (AvgIpc) is 2.47. The Morgan fingerprint density at radius 1 is 1.19 bits per heavy atom. The van der Waals surface area contributed by atoms with Gasteiger partial charge in [-0.25, -0.2) is 9.78 Å². The van der Waals surface area contributed by atoms with Crippen molar-refractivity contribution < 1.29 is 14.3 Å². The van der Waals surface area contributed by atoms with Gasteiger partial charge in [0.25, 0.3) is 0 Å². The Morgan fingerprint density at radius 3 is 2.67 bits per heavy atom. The van der Waals surface area contributed by atoms with Crippen LogP contribution in [0.4, 0.5) is 0 Å². The van der Waals surface area contributed by atoms with Crippen molar-refractivity contribution in [2.45, 2.75) is 6.61 Å². The maximum absolute atomic E-state index is 12.1. The second kappa shape index (κ2) is 6.98. The van der Waals surface area contributed by atoms with Crippen molar-refractivity contribution >= 4 is 40.8 Å². The molecule has 0 saturated heterocycles. The molecule has 0 saturated carbocycles. The minimum absolute atomic E-state index is 0.103. The molecular formula is C14H10Cl3NO3. The summed E-state index contributed by atoms with van der Waals surface area (Å²) in [5.41, 5.74) is 0.599. The third-order valence-electron chi connectivity index (χ3n) is 2.61. The van der Waals surface area contributed by atoms with E-state index in [1.807, 2.05) is 0 Å². The SMILES string of the molecule is COc1ccc(Cl)cc1C(=O)OCc1nc(Cl)ccc1Cl. The quantitative estimate of drug-likeness (QED) is 0.608. The summed E-state index contributed by atoms with van der Waals surface area (Å²) in [6, 6.07) is 7.81. The normalized spacial score (nSPS) is 10.3. The van der Waals surface area contributed by atoms with Gasteiger partial charge in [0.15, 0.2) is 0 Å². The van der Waals surface area contributed by atoms with Crippen molar-refractivity contribution in [3.8, 4) is 5.75 Å². The van der Waals surface area contributed by atoms with Gasteiger partial charge in [-0.1, -0.05) is 34.8 Å². The Balaban J connectivity index is 2.15. The molecule has 110 valence electrons. The van der Waals surface area contributed by atoms with E-state index in [4.69, 9.17) is 44.3 Å². The van der Waals surface area contributed by atoms with Crippen molar-refractivity contribution in [2.24, 2.45) is 0 Å². The summed E-state index contributed by atoms with van der Waals surface area (Å²) in [4.78, 5) is 16.1. The molecular weight excluding hydrogens is 337 g/mol. The lowest BCUT2D eigenvalue weighted by molar-refractivity contribution is 0.0464. The van der Waals surface area contributed by atoms with Crippen molar-refractivity contribution in [2.75, 3.05) is 7.11 Å². The molecule has 0 aliphatic rings. The highest BCUT2D eigenvalue weighted by Gasteiger charge is 2.15. The highest BCUT2D eigenvalue weighted by atomic mass is 35.5. The molecule has 2 aromatic rings. The maximum Gasteiger partial charge on any atom is 0.342 e. The van der Waals surface area contributed by atoms with E-state index in [-0.39, 0.29) is 17.3 Å². The third-order valence-corrected chi connectivity index (χ3v) is 3.40. The maximum atomic E-state index is 12.1. The van der Waals surface area contributed by atoms with Gasteiger partial charge in [-0.2, -0.15) is 0 Å². The number of pyridine rings is 1. The summed E-state index contributed by atoms with van der Waals surface area (Å²) in [5, 5.41) is 1.04. The van der Waals surface area contributed by atoms with E-state index < -0.39 is 5.97 Å². The first-order valence-electron chi connectivity index (χ1n) is 5.83. The molecule has 1 aromatic carbocycles. The predicted octanol–water partition coefficient (Wildman–Crippen LogP) is 4.41. The molecule has 0 aliphatic carbocycles. The average molecular weight is 347 g/mol. The smallest absolute Gasteiger partial charge is 0.342 e. The van der Waals surface area contributed by atoms with Gasteiger partial charge in [-0.05, 0) is 30.3 Å². The standard InChI is InChI=1S/C14H10Cl3NO3/c1-20-12-4-2-8(15)6-9(12)14(19)21-7-11-10(16)3-5-13(17)18-11/h2-6H,7H2,1H3. The molecule has 2 rings (SSSR count). The zero-order valence-electron chi connectivity index (χ0n) is 10.9. The summed E-state index contributed by atoms with van der Waals surface area (Å²) in [5.74, 6) is -0.221. The van der Waals surface area contributed by atoms with Crippen molar-refractivity contribution in [1.82, 2.24) is 4.98 Å². The van der Waals surface area contributed by atoms with E-state index in [0.29, 0.717) is 21.5 Å². The number of halogens is 3. The van der Waals surface area contributed by atoms with E-state index in [1.165, 1.54) is 13.2 Å². The zero-order chi connectivity index (χ0) is 15.4. The first-order chi connectivity index (χ1) is 10.0. The van der Waals surface area contributed by atoms with Crippen molar-refractivity contribution in [3.63, 3.8) is 0 Å². The Morgan fingerprint density at radius 2 is 1.95 bits per heavy atom. The third kappa shape index (κ3) is 4.00. The topological polar surface area (TPSA) is 48.4 Å². The van der Waals surface area contributed by atoms with Gasteiger partial charge in [0, 0.05) is 5.02 Å². The predicted molar refractivity (Wildman–Crippen MR) is 81.4 cm³/mol. The molecule has 0 atom stereocenters. The fraction of sp³-hybridized carbons (Fsp3) is 0.143. The Labute approximate surface area is 136 Å². The van der Waals surface area contributed by atoms with Gasteiger partial charge >= 0.3 is 5.97 Å². The minimum Gasteiger partial charge on any atom is -0.496 e. The molecule has 1 aromatic heterocycles. The van der Waals surface area contributed by atoms with Crippen LogP contribution in [0.15, 0.2) is 30.3 Å². The van der Waals surface area contributed by atoms with Gasteiger partial charge in [-0.3, -0.25) is 0 Å². The van der Waals surface area contributed by atoms with Gasteiger partial charge in [0.2, 0.25) is 0 Å². The van der Waals surface area contributed by atoms with Crippen LogP contribution in [0, 0.1) is 0 Å². The summed E-state index contributed by atoms with van der Waals surface area (Å²) in [6.45, 7) is -0.103. The molecule has 0 unspecified atom stereocenters. The van der Waals surface area contributed by atoms with Crippen LogP contribution in [0.1, 0.15) is 16.1 Å². The van der Waals surface area contributed by atoms with Crippen LogP contribution in [0.25, 0.3) is 0 Å². The number of esters is 1. The Kier molecular flexibility index (Phi) is 5.28. The number of rotatable bonds is 4. The summed E-state index contributed by atoms with van der Waals surface area (Å²) < 4.78 is 10.3. The van der Waals surface area contributed by atoms with Crippen LogP contribution in [-0.2, 0) is 11.3 Å². The molecule has 0 bridgehead atoms. The highest BCUT2D eigenvalue weighted by molar-refractivity contribution is 6.32. The number of hydrogen-bond acceptors (Lipinski definition) is 4. The number of aromatic nitrogens is 1. The van der Waals surface area contributed by atoms with Crippen LogP contribution in [0.2, 0.25) is 15.2 Å². The Bertz CT molecular complexity index is 677. The summed E-state index contributed by atoms with van der Waals surface area (Å²) in [7, 11) is 1.45. The first-order valence-corrected chi connectivity index (χ1v) is 6.96. The molecule has 21 heavy (non-hydrogen) atoms. The van der Waals surface area contributed by atoms with E-state index in [1.54, 1.807) is 24.3 Å². The number of benzene rings is 1. The van der Waals surface area contributed by atoms with Crippen LogP contribution in [0.5, 0.6) is 5.75 Å². The van der Waals surface area contributed by atoms with Crippen LogP contribution in [0.3, 0.4) is 0 Å². The number of hydrogen-bond donors (Lipinski definition) is 0. The number of carbonyl (C=O) groups excluding carboxylic acids is 1. The molecule has 4 nitrogen and oxygen atoms in total. The van der Waals surface area contributed by atoms with Crippen LogP contribution in [-0.4, -0.2) is 18.1 Å². The number of methoxy groups -OCH3 is 1. The molecule has 0 N–H and O–H groups in total. The molecule has 0 spiro atoms. The molecule has 0 fully saturated rings. The lowest BCUT2D eigenvalue weighted by Crippen LogP contribution is -2.08. The van der Waals surface area contributed by atoms with E-state index >= 15 is 0 Å². The van der Waals surface area contributed by atoms with Crippen molar-refractivity contribution in [3.05, 3.63) is 56.8 Å². The largest absolute Gasteiger partial charge is 0.496 e. The number of carbonyl (C=O) groups is 1. The monoisotopic (exact) mass is 345 g/mol. The zero-order valence-corrected chi connectivity index (χ0v) is 13.2. The highest BCUT2D eigenvalue weighted by Crippen LogP contribution is 2.24. The first kappa shape index (κ1) is 15.9. The van der Waals surface area contributed by atoms with E-state index in [2.05, 4.69) is 4.98 Å². The van der Waals surface area contributed by atoms with Gasteiger partial charge < -0.3 is 9.47 Å². The fourth-order valence-electron chi connectivity index (χ4n) is 1.61. The van der Waals surface area contributed by atoms with Crippen molar-refractivity contribution in [1.29, 1.82) is 0 Å². The van der Waals surface area contributed by atoms with Gasteiger partial charge in [-0.15, -0.1) is 0 Å². The number of ether oxygens (including phenoxy) is 2. The van der Waals surface area contributed by atoms with Crippen LogP contribution >= 0.6 is 34.8 Å². The molecule has 0 aliphatic heterocycles. The lowest BCUT2D eigenvalue weighted by Gasteiger charge is -2.09. The van der Waals surface area contributed by atoms with Gasteiger partial charge in [0.1, 0.15) is 23.1 Å².